The Kier molecular flexibility index (Phi) is 4.51. The fraction of sp³-hybridized carbons (Fsp3) is 0.615. The number of hydrogen-bond acceptors (Lipinski definition) is 5. The fourth-order valence-corrected chi connectivity index (χ4v) is 5.73. The van der Waals surface area contributed by atoms with Crippen molar-refractivity contribution >= 4 is 27.3 Å². The predicted octanol–water partition coefficient (Wildman–Crippen LogP) is 2.08. The standard InChI is InChI=1S/C13H19NO4S2/c1-9-8-12(10(2)19-9)20(16,17)14-7-5-4-6-11(14)13(15)18-3/h8,11H,4-7H2,1-3H3. The molecule has 0 aliphatic carbocycles. The van der Waals surface area contributed by atoms with E-state index in [0.717, 1.165) is 22.6 Å². The number of piperidine rings is 1. The van der Waals surface area contributed by atoms with Gasteiger partial charge in [0.1, 0.15) is 6.04 Å². The number of hydrogen-bond donors (Lipinski definition) is 0. The summed E-state index contributed by atoms with van der Waals surface area (Å²) >= 11 is 1.45. The molecule has 1 aromatic heterocycles. The minimum atomic E-state index is -3.63. The van der Waals surface area contributed by atoms with Gasteiger partial charge in [0.05, 0.1) is 12.0 Å². The van der Waals surface area contributed by atoms with Gasteiger partial charge in [0.2, 0.25) is 10.0 Å². The van der Waals surface area contributed by atoms with Crippen molar-refractivity contribution in [3.05, 3.63) is 15.8 Å². The molecule has 0 bridgehead atoms. The molecule has 1 atom stereocenters. The number of aryl methyl sites for hydroxylation is 2. The summed E-state index contributed by atoms with van der Waals surface area (Å²) in [7, 11) is -2.34. The first-order valence-electron chi connectivity index (χ1n) is 6.54. The number of esters is 1. The van der Waals surface area contributed by atoms with Gasteiger partial charge in [0.25, 0.3) is 0 Å². The average Bonchev–Trinajstić information content (AvgIpc) is 2.77. The minimum absolute atomic E-state index is 0.316. The molecule has 0 aromatic carbocycles. The summed E-state index contributed by atoms with van der Waals surface area (Å²) in [6, 6.07) is 0.983. The van der Waals surface area contributed by atoms with Crippen molar-refractivity contribution in [2.24, 2.45) is 0 Å². The van der Waals surface area contributed by atoms with E-state index in [1.165, 1.54) is 22.8 Å². The van der Waals surface area contributed by atoms with E-state index in [0.29, 0.717) is 17.9 Å². The van der Waals surface area contributed by atoms with Crippen LogP contribution in [-0.2, 0) is 19.6 Å². The molecule has 2 heterocycles. The third-order valence-corrected chi connectivity index (χ3v) is 6.64. The van der Waals surface area contributed by atoms with Crippen LogP contribution in [0.4, 0.5) is 0 Å². The van der Waals surface area contributed by atoms with Crippen molar-refractivity contribution in [3.8, 4) is 0 Å². The lowest BCUT2D eigenvalue weighted by Gasteiger charge is -2.32. The molecule has 0 N–H and O–H groups in total. The number of thiophene rings is 1. The Labute approximate surface area is 123 Å². The lowest BCUT2D eigenvalue weighted by molar-refractivity contribution is -0.146. The zero-order chi connectivity index (χ0) is 14.9. The predicted molar refractivity (Wildman–Crippen MR) is 77.3 cm³/mol. The Morgan fingerprint density at radius 3 is 2.65 bits per heavy atom. The van der Waals surface area contributed by atoms with Crippen LogP contribution in [0.25, 0.3) is 0 Å². The van der Waals surface area contributed by atoms with Gasteiger partial charge in [-0.3, -0.25) is 4.79 Å². The second-order valence-corrected chi connectivity index (χ2v) is 8.25. The number of methoxy groups -OCH3 is 1. The van der Waals surface area contributed by atoms with Crippen molar-refractivity contribution < 1.29 is 17.9 Å². The topological polar surface area (TPSA) is 63.7 Å². The molecule has 0 radical (unpaired) electrons. The minimum Gasteiger partial charge on any atom is -0.468 e. The summed E-state index contributed by atoms with van der Waals surface area (Å²) in [5, 5.41) is 0. The smallest absolute Gasteiger partial charge is 0.324 e. The molecule has 1 aromatic rings. The number of ether oxygens (including phenoxy) is 1. The SMILES string of the molecule is COC(=O)C1CCCCN1S(=O)(=O)c1cc(C)sc1C. The van der Waals surface area contributed by atoms with Crippen LogP contribution in [0.5, 0.6) is 0 Å². The van der Waals surface area contributed by atoms with Gasteiger partial charge in [-0.15, -0.1) is 11.3 Å². The van der Waals surface area contributed by atoms with Gasteiger partial charge in [-0.1, -0.05) is 0 Å². The maximum absolute atomic E-state index is 12.8. The second kappa shape index (κ2) is 5.83. The van der Waals surface area contributed by atoms with E-state index in [1.807, 2.05) is 6.92 Å². The van der Waals surface area contributed by atoms with Gasteiger partial charge in [-0.2, -0.15) is 4.31 Å². The molecule has 112 valence electrons. The van der Waals surface area contributed by atoms with Gasteiger partial charge in [0, 0.05) is 16.3 Å². The Balaban J connectivity index is 2.40. The quantitative estimate of drug-likeness (QED) is 0.801. The monoisotopic (exact) mass is 317 g/mol. The van der Waals surface area contributed by atoms with Crippen molar-refractivity contribution in [1.29, 1.82) is 0 Å². The number of sulfonamides is 1. The first-order chi connectivity index (χ1) is 9.37. The molecule has 0 amide bonds. The first-order valence-corrected chi connectivity index (χ1v) is 8.80. The van der Waals surface area contributed by atoms with Crippen molar-refractivity contribution in [2.45, 2.75) is 44.0 Å². The van der Waals surface area contributed by atoms with E-state index in [9.17, 15) is 13.2 Å². The molecule has 1 aliphatic heterocycles. The highest BCUT2D eigenvalue weighted by Gasteiger charge is 2.39. The van der Waals surface area contributed by atoms with Crippen molar-refractivity contribution in [2.75, 3.05) is 13.7 Å². The Morgan fingerprint density at radius 1 is 1.40 bits per heavy atom. The summed E-state index contributed by atoms with van der Waals surface area (Å²) in [5.74, 6) is -0.474. The lowest BCUT2D eigenvalue weighted by Crippen LogP contribution is -2.48. The van der Waals surface area contributed by atoms with Crippen molar-refractivity contribution in [1.82, 2.24) is 4.31 Å². The number of nitrogens with zero attached hydrogens (tertiary/aromatic N) is 1. The molecule has 1 saturated heterocycles. The van der Waals surface area contributed by atoms with Gasteiger partial charge in [0.15, 0.2) is 0 Å². The van der Waals surface area contributed by atoms with E-state index in [-0.39, 0.29) is 0 Å². The third kappa shape index (κ3) is 2.75. The highest BCUT2D eigenvalue weighted by atomic mass is 32.2. The van der Waals surface area contributed by atoms with Gasteiger partial charge >= 0.3 is 5.97 Å². The summed E-state index contributed by atoms with van der Waals surface area (Å²) < 4.78 is 31.6. The van der Waals surface area contributed by atoms with Crippen LogP contribution in [-0.4, -0.2) is 38.4 Å². The average molecular weight is 317 g/mol. The molecule has 1 fully saturated rings. The first kappa shape index (κ1) is 15.5. The summed E-state index contributed by atoms with van der Waals surface area (Å²) in [4.78, 5) is 13.8. The molecule has 0 saturated carbocycles. The third-order valence-electron chi connectivity index (χ3n) is 3.51. The largest absolute Gasteiger partial charge is 0.468 e. The highest BCUT2D eigenvalue weighted by molar-refractivity contribution is 7.89. The molecular weight excluding hydrogens is 298 g/mol. The molecule has 7 heteroatoms. The Bertz CT molecular complexity index is 606. The van der Waals surface area contributed by atoms with Crippen LogP contribution in [0.1, 0.15) is 29.0 Å². The van der Waals surface area contributed by atoms with E-state index in [2.05, 4.69) is 0 Å². The Hall–Kier alpha value is -0.920. The van der Waals surface area contributed by atoms with Crippen molar-refractivity contribution in [3.63, 3.8) is 0 Å². The zero-order valence-corrected chi connectivity index (χ0v) is 13.5. The Morgan fingerprint density at radius 2 is 2.10 bits per heavy atom. The normalized spacial score (nSPS) is 20.9. The summed E-state index contributed by atoms with van der Waals surface area (Å²) in [6.45, 7) is 4.04. The van der Waals surface area contributed by atoms with E-state index >= 15 is 0 Å². The lowest BCUT2D eigenvalue weighted by atomic mass is 10.1. The maximum Gasteiger partial charge on any atom is 0.324 e. The van der Waals surface area contributed by atoms with E-state index in [4.69, 9.17) is 4.74 Å². The van der Waals surface area contributed by atoms with Crippen LogP contribution in [0.2, 0.25) is 0 Å². The number of carbonyl (C=O) groups is 1. The van der Waals surface area contributed by atoms with Gasteiger partial charge in [-0.25, -0.2) is 8.42 Å². The van der Waals surface area contributed by atoms with Gasteiger partial charge < -0.3 is 4.74 Å². The summed E-state index contributed by atoms with van der Waals surface area (Å²) in [5.41, 5.74) is 0. The highest BCUT2D eigenvalue weighted by Crippen LogP contribution is 2.31. The van der Waals surface area contributed by atoms with Crippen LogP contribution < -0.4 is 0 Å². The molecule has 5 nitrogen and oxygen atoms in total. The molecule has 1 aliphatic rings. The second-order valence-electron chi connectivity index (χ2n) is 4.93. The van der Waals surface area contributed by atoms with Gasteiger partial charge in [-0.05, 0) is 39.2 Å². The molecule has 0 spiro atoms. The molecule has 2 rings (SSSR count). The van der Waals surface area contributed by atoms with Crippen LogP contribution in [0.3, 0.4) is 0 Å². The summed E-state index contributed by atoms with van der Waals surface area (Å²) in [6.07, 6.45) is 2.14. The molecule has 1 unspecified atom stereocenters. The van der Waals surface area contributed by atoms with Crippen LogP contribution >= 0.6 is 11.3 Å². The maximum atomic E-state index is 12.8. The zero-order valence-electron chi connectivity index (χ0n) is 11.9. The van der Waals surface area contributed by atoms with Crippen LogP contribution in [0, 0.1) is 13.8 Å². The molecule has 20 heavy (non-hydrogen) atoms. The number of rotatable bonds is 3. The van der Waals surface area contributed by atoms with E-state index in [1.54, 1.807) is 13.0 Å². The molecular formula is C13H19NO4S2. The van der Waals surface area contributed by atoms with E-state index < -0.39 is 22.0 Å². The fourth-order valence-electron chi connectivity index (χ4n) is 2.55. The van der Waals surface area contributed by atoms with Crippen LogP contribution in [0.15, 0.2) is 11.0 Å². The number of carbonyl (C=O) groups excluding carboxylic acids is 1.